The van der Waals surface area contributed by atoms with Crippen LogP contribution in [0, 0.1) is 26.7 Å². The van der Waals surface area contributed by atoms with Crippen molar-refractivity contribution < 1.29 is 4.74 Å². The van der Waals surface area contributed by atoms with E-state index < -0.39 is 0 Å². The first-order chi connectivity index (χ1) is 12.1. The molecule has 0 aliphatic carbocycles. The molecule has 144 valence electrons. The summed E-state index contributed by atoms with van der Waals surface area (Å²) >= 11 is 1.76. The minimum atomic E-state index is 0. The summed E-state index contributed by atoms with van der Waals surface area (Å²) in [5.41, 5.74) is 5.54. The first kappa shape index (κ1) is 21.2. The van der Waals surface area contributed by atoms with Crippen molar-refractivity contribution in [2.24, 2.45) is 5.92 Å². The molecule has 0 amide bonds. The highest BCUT2D eigenvalue weighted by Gasteiger charge is 2.19. The number of aryl methyl sites for hydroxylation is 3. The third kappa shape index (κ3) is 5.68. The lowest BCUT2D eigenvalue weighted by Crippen LogP contribution is -2.33. The molecule has 0 saturated carbocycles. The Morgan fingerprint density at radius 3 is 2.65 bits per heavy atom. The van der Waals surface area contributed by atoms with Crippen LogP contribution in [0.2, 0.25) is 0 Å². The minimum Gasteiger partial charge on any atom is -0.492 e. The summed E-state index contributed by atoms with van der Waals surface area (Å²) in [5.74, 6) is 1.78. The van der Waals surface area contributed by atoms with Gasteiger partial charge in [0.1, 0.15) is 12.4 Å². The third-order valence-electron chi connectivity index (χ3n) is 4.95. The van der Waals surface area contributed by atoms with Gasteiger partial charge in [0.25, 0.3) is 0 Å². The molecule has 6 heteroatoms. The number of hydrogen-bond donors (Lipinski definition) is 1. The topological polar surface area (TPSA) is 37.4 Å². The van der Waals surface area contributed by atoms with Crippen LogP contribution in [0.5, 0.6) is 5.75 Å². The van der Waals surface area contributed by atoms with Gasteiger partial charge in [0.2, 0.25) is 0 Å². The van der Waals surface area contributed by atoms with E-state index in [2.05, 4.69) is 54.2 Å². The van der Waals surface area contributed by atoms with Crippen molar-refractivity contribution in [2.45, 2.75) is 33.7 Å². The molecule has 1 aliphatic heterocycles. The highest BCUT2D eigenvalue weighted by molar-refractivity contribution is 7.09. The van der Waals surface area contributed by atoms with E-state index in [0.717, 1.165) is 56.7 Å². The van der Waals surface area contributed by atoms with E-state index >= 15 is 0 Å². The lowest BCUT2D eigenvalue weighted by atomic mass is 10.1. The maximum Gasteiger partial charge on any atom is 0.125 e. The van der Waals surface area contributed by atoms with E-state index in [4.69, 9.17) is 4.74 Å². The molecule has 0 bridgehead atoms. The van der Waals surface area contributed by atoms with E-state index in [0.29, 0.717) is 0 Å². The second kappa shape index (κ2) is 10.3. The normalized spacial score (nSPS) is 16.7. The highest BCUT2D eigenvalue weighted by Crippen LogP contribution is 2.23. The van der Waals surface area contributed by atoms with Crippen LogP contribution in [0.3, 0.4) is 0 Å². The predicted molar refractivity (Wildman–Crippen MR) is 112 cm³/mol. The van der Waals surface area contributed by atoms with Crippen LogP contribution in [0.1, 0.15) is 28.1 Å². The van der Waals surface area contributed by atoms with Gasteiger partial charge in [-0.25, -0.2) is 4.98 Å². The Labute approximate surface area is 167 Å². The van der Waals surface area contributed by atoms with Crippen LogP contribution in [0.15, 0.2) is 23.7 Å². The molecule has 1 saturated heterocycles. The van der Waals surface area contributed by atoms with Crippen LogP contribution in [0.4, 0.5) is 0 Å². The number of para-hydroxylation sites is 1. The first-order valence-electron chi connectivity index (χ1n) is 9.14. The second-order valence-corrected chi connectivity index (χ2v) is 7.96. The number of nitrogens with one attached hydrogen (secondary N) is 1. The Morgan fingerprint density at radius 2 is 2.04 bits per heavy atom. The average molecular weight is 396 g/mol. The molecular formula is C20H30ClN3OS. The van der Waals surface area contributed by atoms with Gasteiger partial charge in [0.15, 0.2) is 0 Å². The molecule has 1 aliphatic rings. The fourth-order valence-electron chi connectivity index (χ4n) is 3.46. The summed E-state index contributed by atoms with van der Waals surface area (Å²) in [6.07, 6.45) is 1.27. The van der Waals surface area contributed by atoms with Crippen LogP contribution in [-0.2, 0) is 6.54 Å². The Bertz CT molecular complexity index is 665. The van der Waals surface area contributed by atoms with E-state index in [1.165, 1.54) is 22.4 Å². The second-order valence-electron chi connectivity index (χ2n) is 7.02. The van der Waals surface area contributed by atoms with Crippen molar-refractivity contribution in [1.29, 1.82) is 0 Å². The molecule has 1 aromatic heterocycles. The van der Waals surface area contributed by atoms with Crippen molar-refractivity contribution in [3.63, 3.8) is 0 Å². The molecule has 2 aromatic rings. The Morgan fingerprint density at radius 1 is 1.27 bits per heavy atom. The highest BCUT2D eigenvalue weighted by atomic mass is 35.5. The smallest absolute Gasteiger partial charge is 0.125 e. The third-order valence-corrected chi connectivity index (χ3v) is 5.87. The van der Waals surface area contributed by atoms with Crippen molar-refractivity contribution >= 4 is 23.7 Å². The maximum atomic E-state index is 6.14. The zero-order valence-corrected chi connectivity index (χ0v) is 17.6. The van der Waals surface area contributed by atoms with E-state index in [1.807, 2.05) is 5.51 Å². The summed E-state index contributed by atoms with van der Waals surface area (Å²) in [7, 11) is 0. The minimum absolute atomic E-state index is 0. The number of hydrogen-bond acceptors (Lipinski definition) is 5. The Hall–Kier alpha value is -1.14. The van der Waals surface area contributed by atoms with Gasteiger partial charge in [0.05, 0.1) is 11.2 Å². The predicted octanol–water partition coefficient (Wildman–Crippen LogP) is 3.98. The monoisotopic (exact) mass is 395 g/mol. The van der Waals surface area contributed by atoms with Crippen molar-refractivity contribution in [3.8, 4) is 5.75 Å². The molecule has 1 fully saturated rings. The standard InChI is InChI=1S/C20H29N3OS.ClH/c1-15-5-4-6-16(2)20(15)24-10-9-23(12-18-7-8-21-11-18)13-19-17(3)22-14-25-19;/h4-6,14,18,21H,7-13H2,1-3H3;1H. The fourth-order valence-corrected chi connectivity index (χ4v) is 4.27. The van der Waals surface area contributed by atoms with Crippen LogP contribution < -0.4 is 10.1 Å². The van der Waals surface area contributed by atoms with Crippen molar-refractivity contribution in [3.05, 3.63) is 45.4 Å². The Balaban J connectivity index is 0.00000243. The summed E-state index contributed by atoms with van der Waals surface area (Å²) < 4.78 is 6.14. The van der Waals surface area contributed by atoms with Crippen LogP contribution in [0.25, 0.3) is 0 Å². The molecule has 1 aromatic carbocycles. The molecule has 26 heavy (non-hydrogen) atoms. The molecule has 0 spiro atoms. The van der Waals surface area contributed by atoms with Gasteiger partial charge >= 0.3 is 0 Å². The lowest BCUT2D eigenvalue weighted by molar-refractivity contribution is 0.182. The average Bonchev–Trinajstić information content (AvgIpc) is 3.22. The molecule has 1 unspecified atom stereocenters. The lowest BCUT2D eigenvalue weighted by Gasteiger charge is -2.25. The SMILES string of the molecule is Cc1cccc(C)c1OCCN(Cc1scnc1C)CC1CCNC1.Cl. The molecule has 3 rings (SSSR count). The van der Waals surface area contributed by atoms with Gasteiger partial charge in [-0.3, -0.25) is 4.90 Å². The zero-order chi connectivity index (χ0) is 17.6. The number of nitrogens with zero attached hydrogens (tertiary/aromatic N) is 2. The summed E-state index contributed by atoms with van der Waals surface area (Å²) in [5, 5.41) is 3.48. The number of thiazole rings is 1. The van der Waals surface area contributed by atoms with Gasteiger partial charge in [-0.2, -0.15) is 0 Å². The number of halogens is 1. The number of aromatic nitrogens is 1. The van der Waals surface area contributed by atoms with Gasteiger partial charge in [0, 0.05) is 24.5 Å². The van der Waals surface area contributed by atoms with Gasteiger partial charge in [-0.1, -0.05) is 18.2 Å². The quantitative estimate of drug-likeness (QED) is 0.733. The molecule has 2 heterocycles. The summed E-state index contributed by atoms with van der Waals surface area (Å²) in [6.45, 7) is 12.4. The van der Waals surface area contributed by atoms with Crippen LogP contribution >= 0.6 is 23.7 Å². The van der Waals surface area contributed by atoms with Crippen LogP contribution in [-0.4, -0.2) is 42.7 Å². The summed E-state index contributed by atoms with van der Waals surface area (Å²) in [6, 6.07) is 6.32. The molecular weight excluding hydrogens is 366 g/mol. The molecule has 4 nitrogen and oxygen atoms in total. The molecule has 0 radical (unpaired) electrons. The van der Waals surface area contributed by atoms with Crippen molar-refractivity contribution in [1.82, 2.24) is 15.2 Å². The molecule has 1 atom stereocenters. The Kier molecular flexibility index (Phi) is 8.35. The molecule has 1 N–H and O–H groups in total. The number of benzene rings is 1. The van der Waals surface area contributed by atoms with E-state index in [1.54, 1.807) is 11.3 Å². The van der Waals surface area contributed by atoms with E-state index in [-0.39, 0.29) is 12.4 Å². The maximum absolute atomic E-state index is 6.14. The van der Waals surface area contributed by atoms with Gasteiger partial charge in [-0.15, -0.1) is 23.7 Å². The first-order valence-corrected chi connectivity index (χ1v) is 10.0. The fraction of sp³-hybridized carbons (Fsp3) is 0.550. The summed E-state index contributed by atoms with van der Waals surface area (Å²) in [4.78, 5) is 8.31. The largest absolute Gasteiger partial charge is 0.492 e. The van der Waals surface area contributed by atoms with Gasteiger partial charge in [-0.05, 0) is 57.3 Å². The number of ether oxygens (including phenoxy) is 1. The van der Waals surface area contributed by atoms with E-state index in [9.17, 15) is 0 Å². The van der Waals surface area contributed by atoms with Gasteiger partial charge < -0.3 is 10.1 Å². The van der Waals surface area contributed by atoms with Crippen molar-refractivity contribution in [2.75, 3.05) is 32.8 Å². The zero-order valence-electron chi connectivity index (χ0n) is 16.0. The number of rotatable bonds is 8.